The van der Waals surface area contributed by atoms with Gasteiger partial charge in [0.05, 0.1) is 17.6 Å². The number of hydrogen-bond donors (Lipinski definition) is 0. The molecule has 2 aromatic carbocycles. The Hall–Kier alpha value is -3.62. The van der Waals surface area contributed by atoms with Crippen LogP contribution < -0.4 is 10.5 Å². The molecule has 4 rings (SSSR count). The third kappa shape index (κ3) is 4.30. The minimum Gasteiger partial charge on any atom is -0.366 e. The summed E-state index contributed by atoms with van der Waals surface area (Å²) in [6.45, 7) is 3.42. The summed E-state index contributed by atoms with van der Waals surface area (Å²) >= 11 is 0. The van der Waals surface area contributed by atoms with Crippen molar-refractivity contribution < 1.29 is 14.0 Å². The molecule has 0 aliphatic carbocycles. The molecule has 31 heavy (non-hydrogen) atoms. The van der Waals surface area contributed by atoms with Crippen LogP contribution in [0.1, 0.15) is 23.7 Å². The van der Waals surface area contributed by atoms with Crippen LogP contribution >= 0.6 is 0 Å². The number of piperazine rings is 1. The largest absolute Gasteiger partial charge is 0.366 e. The number of anilines is 1. The monoisotopic (exact) mass is 423 g/mol. The maximum atomic E-state index is 14.4. The molecule has 1 fully saturated rings. The number of rotatable bonds is 5. The van der Waals surface area contributed by atoms with Crippen LogP contribution in [0.25, 0.3) is 10.9 Å². The van der Waals surface area contributed by atoms with Crippen molar-refractivity contribution in [3.8, 4) is 0 Å². The summed E-state index contributed by atoms with van der Waals surface area (Å²) < 4.78 is 15.6. The second-order valence-electron chi connectivity index (χ2n) is 7.48. The van der Waals surface area contributed by atoms with E-state index < -0.39 is 5.82 Å². The number of ketones is 1. The first kappa shape index (κ1) is 20.6. The molecule has 0 spiro atoms. The van der Waals surface area contributed by atoms with E-state index in [-0.39, 0.29) is 30.2 Å². The molecule has 0 radical (unpaired) electrons. The van der Waals surface area contributed by atoms with Gasteiger partial charge in [-0.25, -0.2) is 9.07 Å². The van der Waals surface area contributed by atoms with Crippen molar-refractivity contribution in [3.05, 3.63) is 64.2 Å². The minimum atomic E-state index is -0.443. The number of carbonyl (C=O) groups is 2. The smallest absolute Gasteiger partial charge is 0.277 e. The Bertz CT molecular complexity index is 1200. The molecule has 9 heteroatoms. The fraction of sp³-hybridized carbons (Fsp3) is 0.318. The fourth-order valence-corrected chi connectivity index (χ4v) is 3.71. The molecular weight excluding hydrogens is 401 g/mol. The molecule has 160 valence electrons. The van der Waals surface area contributed by atoms with Crippen LogP contribution in [0.5, 0.6) is 0 Å². The fourth-order valence-electron chi connectivity index (χ4n) is 3.71. The van der Waals surface area contributed by atoms with Crippen molar-refractivity contribution in [3.63, 3.8) is 0 Å². The highest BCUT2D eigenvalue weighted by Gasteiger charge is 2.23. The van der Waals surface area contributed by atoms with Gasteiger partial charge in [-0.05, 0) is 37.3 Å². The van der Waals surface area contributed by atoms with Gasteiger partial charge in [-0.2, -0.15) is 0 Å². The number of benzene rings is 2. The standard InChI is InChI=1S/C22H22FN5O3/c1-15(29)16-6-7-20(18(23)14-16)26-10-12-27(13-11-26)21(30)8-9-28-22(31)17-4-2-3-5-19(17)24-25-28/h2-7,14H,8-13H2,1H3. The van der Waals surface area contributed by atoms with Crippen molar-refractivity contribution >= 4 is 28.3 Å². The number of fused-ring (bicyclic) bond motifs is 1. The summed E-state index contributed by atoms with van der Waals surface area (Å²) in [6, 6.07) is 11.4. The molecule has 0 unspecified atom stereocenters. The van der Waals surface area contributed by atoms with Gasteiger partial charge in [0, 0.05) is 38.2 Å². The van der Waals surface area contributed by atoms with E-state index in [4.69, 9.17) is 0 Å². The van der Waals surface area contributed by atoms with Crippen molar-refractivity contribution in [1.29, 1.82) is 0 Å². The number of hydrogen-bond acceptors (Lipinski definition) is 6. The third-order valence-electron chi connectivity index (χ3n) is 5.49. The lowest BCUT2D eigenvalue weighted by molar-refractivity contribution is -0.131. The highest BCUT2D eigenvalue weighted by molar-refractivity contribution is 5.94. The van der Waals surface area contributed by atoms with E-state index in [1.807, 2.05) is 4.90 Å². The summed E-state index contributed by atoms with van der Waals surface area (Å²) in [5.41, 5.74) is 1.01. The van der Waals surface area contributed by atoms with Crippen LogP contribution in [-0.4, -0.2) is 57.8 Å². The van der Waals surface area contributed by atoms with Gasteiger partial charge in [-0.1, -0.05) is 17.3 Å². The molecule has 1 aliphatic heterocycles. The summed E-state index contributed by atoms with van der Waals surface area (Å²) in [5.74, 6) is -0.716. The Morgan fingerprint density at radius 1 is 1.06 bits per heavy atom. The zero-order valence-electron chi connectivity index (χ0n) is 17.1. The first-order chi connectivity index (χ1) is 14.9. The topological polar surface area (TPSA) is 88.4 Å². The summed E-state index contributed by atoms with van der Waals surface area (Å²) in [5, 5.41) is 8.41. The van der Waals surface area contributed by atoms with Gasteiger partial charge >= 0.3 is 0 Å². The Morgan fingerprint density at radius 3 is 2.52 bits per heavy atom. The average molecular weight is 423 g/mol. The van der Waals surface area contributed by atoms with Crippen molar-refractivity contribution in [1.82, 2.24) is 19.9 Å². The Kier molecular flexibility index (Phi) is 5.75. The molecule has 3 aromatic rings. The van der Waals surface area contributed by atoms with E-state index in [0.29, 0.717) is 48.3 Å². The quantitative estimate of drug-likeness (QED) is 0.582. The summed E-state index contributed by atoms with van der Waals surface area (Å²) in [7, 11) is 0. The SMILES string of the molecule is CC(=O)c1ccc(N2CCN(C(=O)CCn3nnc4ccccc4c3=O)CC2)c(F)c1. The highest BCUT2D eigenvalue weighted by Crippen LogP contribution is 2.22. The van der Waals surface area contributed by atoms with Gasteiger partial charge in [0.15, 0.2) is 5.78 Å². The molecule has 0 atom stereocenters. The second kappa shape index (κ2) is 8.63. The molecule has 1 amide bonds. The van der Waals surface area contributed by atoms with E-state index in [0.717, 1.165) is 0 Å². The van der Waals surface area contributed by atoms with E-state index in [9.17, 15) is 18.8 Å². The lowest BCUT2D eigenvalue weighted by atomic mass is 10.1. The Balaban J connectivity index is 1.35. The maximum absolute atomic E-state index is 14.4. The van der Waals surface area contributed by atoms with Crippen LogP contribution in [0.2, 0.25) is 0 Å². The number of halogens is 1. The molecule has 2 heterocycles. The third-order valence-corrected chi connectivity index (χ3v) is 5.49. The number of aromatic nitrogens is 3. The van der Waals surface area contributed by atoms with Gasteiger partial charge < -0.3 is 9.80 Å². The van der Waals surface area contributed by atoms with Crippen molar-refractivity contribution in [2.24, 2.45) is 0 Å². The number of aryl methyl sites for hydroxylation is 1. The molecule has 0 bridgehead atoms. The predicted octanol–water partition coefficient (Wildman–Crippen LogP) is 1.87. The van der Waals surface area contributed by atoms with Crippen LogP contribution in [0, 0.1) is 5.82 Å². The summed E-state index contributed by atoms with van der Waals surface area (Å²) in [6.07, 6.45) is 0.134. The molecule has 0 N–H and O–H groups in total. The average Bonchev–Trinajstić information content (AvgIpc) is 2.78. The molecule has 0 saturated carbocycles. The first-order valence-corrected chi connectivity index (χ1v) is 10.1. The van der Waals surface area contributed by atoms with Crippen LogP contribution in [0.15, 0.2) is 47.3 Å². The zero-order valence-corrected chi connectivity index (χ0v) is 17.1. The Labute approximate surface area is 177 Å². The normalized spacial score (nSPS) is 14.1. The van der Waals surface area contributed by atoms with Crippen molar-refractivity contribution in [2.75, 3.05) is 31.1 Å². The number of carbonyl (C=O) groups excluding carboxylic acids is 2. The highest BCUT2D eigenvalue weighted by atomic mass is 19.1. The Morgan fingerprint density at radius 2 is 1.81 bits per heavy atom. The van der Waals surface area contributed by atoms with Crippen molar-refractivity contribution in [2.45, 2.75) is 19.9 Å². The predicted molar refractivity (Wildman–Crippen MR) is 114 cm³/mol. The van der Waals surface area contributed by atoms with Crippen LogP contribution in [0.3, 0.4) is 0 Å². The zero-order chi connectivity index (χ0) is 22.0. The molecule has 8 nitrogen and oxygen atoms in total. The molecule has 1 saturated heterocycles. The van der Waals surface area contributed by atoms with Gasteiger partial charge in [-0.15, -0.1) is 5.10 Å². The van der Waals surface area contributed by atoms with E-state index >= 15 is 0 Å². The number of nitrogens with zero attached hydrogens (tertiary/aromatic N) is 5. The van der Waals surface area contributed by atoms with Crippen LogP contribution in [-0.2, 0) is 11.3 Å². The second-order valence-corrected chi connectivity index (χ2v) is 7.48. The lowest BCUT2D eigenvalue weighted by Gasteiger charge is -2.36. The van der Waals surface area contributed by atoms with E-state index in [2.05, 4.69) is 10.3 Å². The molecule has 1 aliphatic rings. The van der Waals surface area contributed by atoms with E-state index in [1.54, 1.807) is 41.3 Å². The first-order valence-electron chi connectivity index (χ1n) is 10.1. The number of amides is 1. The van der Waals surface area contributed by atoms with Crippen LogP contribution in [0.4, 0.5) is 10.1 Å². The number of Topliss-reactive ketones (excluding diaryl/α,β-unsaturated/α-hetero) is 1. The lowest BCUT2D eigenvalue weighted by Crippen LogP contribution is -2.49. The van der Waals surface area contributed by atoms with Gasteiger partial charge in [0.2, 0.25) is 5.91 Å². The summed E-state index contributed by atoms with van der Waals surface area (Å²) in [4.78, 5) is 40.1. The molecular formula is C22H22FN5O3. The maximum Gasteiger partial charge on any atom is 0.277 e. The van der Waals surface area contributed by atoms with Gasteiger partial charge in [0.1, 0.15) is 11.3 Å². The van der Waals surface area contributed by atoms with Gasteiger partial charge in [0.25, 0.3) is 5.56 Å². The van der Waals surface area contributed by atoms with Gasteiger partial charge in [-0.3, -0.25) is 14.4 Å². The molecule has 1 aromatic heterocycles. The van der Waals surface area contributed by atoms with E-state index in [1.165, 1.54) is 17.7 Å². The minimum absolute atomic E-state index is 0.0890.